The van der Waals surface area contributed by atoms with Crippen LogP contribution in [-0.2, 0) is 0 Å². The fraction of sp³-hybridized carbons (Fsp3) is 1.00. The van der Waals surface area contributed by atoms with Crippen LogP contribution in [0.5, 0.6) is 0 Å². The lowest BCUT2D eigenvalue weighted by atomic mass is 9.87. The number of aliphatic hydroxyl groups is 1. The zero-order valence-corrected chi connectivity index (χ0v) is 9.73. The van der Waals surface area contributed by atoms with Gasteiger partial charge in [0, 0.05) is 12.0 Å². The van der Waals surface area contributed by atoms with Gasteiger partial charge in [0.2, 0.25) is 0 Å². The van der Waals surface area contributed by atoms with Crippen LogP contribution in [0.2, 0.25) is 0 Å². The first-order valence-electron chi connectivity index (χ1n) is 5.05. The molecule has 0 rings (SSSR count). The molecule has 0 radical (unpaired) electrons. The minimum atomic E-state index is -4.18. The van der Waals surface area contributed by atoms with E-state index in [1.165, 1.54) is 4.90 Å². The average Bonchev–Trinajstić information content (AvgIpc) is 1.99. The lowest BCUT2D eigenvalue weighted by Gasteiger charge is -2.34. The molecule has 0 saturated heterocycles. The third kappa shape index (κ3) is 5.99. The molecule has 1 unspecified atom stereocenters. The van der Waals surface area contributed by atoms with Gasteiger partial charge in [-0.05, 0) is 13.5 Å². The van der Waals surface area contributed by atoms with E-state index in [0.29, 0.717) is 6.54 Å². The molecule has 0 saturated carbocycles. The molecular formula is C10H20F3NO. The summed E-state index contributed by atoms with van der Waals surface area (Å²) in [4.78, 5) is 1.30. The zero-order chi connectivity index (χ0) is 12.3. The van der Waals surface area contributed by atoms with Crippen LogP contribution in [0.25, 0.3) is 0 Å². The average molecular weight is 227 g/mol. The van der Waals surface area contributed by atoms with Gasteiger partial charge in [-0.2, -0.15) is 13.2 Å². The molecule has 1 atom stereocenters. The topological polar surface area (TPSA) is 23.5 Å². The Morgan fingerprint density at radius 1 is 1.20 bits per heavy atom. The Hall–Kier alpha value is -0.290. The number of hydrogen-bond acceptors (Lipinski definition) is 2. The Bertz CT molecular complexity index is 190. The van der Waals surface area contributed by atoms with Crippen molar-refractivity contribution in [3.63, 3.8) is 0 Å². The third-order valence-corrected chi connectivity index (χ3v) is 2.61. The van der Waals surface area contributed by atoms with E-state index in [1.54, 1.807) is 27.7 Å². The first-order valence-corrected chi connectivity index (χ1v) is 5.05. The van der Waals surface area contributed by atoms with Crippen LogP contribution in [0.3, 0.4) is 0 Å². The third-order valence-electron chi connectivity index (χ3n) is 2.61. The van der Waals surface area contributed by atoms with Gasteiger partial charge in [-0.3, -0.25) is 4.90 Å². The van der Waals surface area contributed by atoms with Crippen LogP contribution in [0.1, 0.15) is 27.7 Å². The summed E-state index contributed by atoms with van der Waals surface area (Å²) in [5.74, 6) is 0. The normalized spacial score (nSPS) is 15.8. The van der Waals surface area contributed by atoms with Crippen molar-refractivity contribution in [3.05, 3.63) is 0 Å². The number of halogens is 3. The lowest BCUT2D eigenvalue weighted by molar-refractivity contribution is -0.150. The Morgan fingerprint density at radius 3 is 1.93 bits per heavy atom. The quantitative estimate of drug-likeness (QED) is 0.779. The van der Waals surface area contributed by atoms with E-state index in [2.05, 4.69) is 0 Å². The molecule has 0 spiro atoms. The number of hydrogen-bond donors (Lipinski definition) is 1. The minimum Gasteiger partial charge on any atom is -0.393 e. The number of nitrogens with zero attached hydrogens (tertiary/aromatic N) is 1. The van der Waals surface area contributed by atoms with Crippen molar-refractivity contribution in [2.75, 3.05) is 19.6 Å². The smallest absolute Gasteiger partial charge is 0.393 e. The summed E-state index contributed by atoms with van der Waals surface area (Å²) in [6.07, 6.45) is -4.80. The summed E-state index contributed by atoms with van der Waals surface area (Å²) in [6.45, 7) is 6.45. The van der Waals surface area contributed by atoms with E-state index in [1.807, 2.05) is 0 Å². The van der Waals surface area contributed by atoms with Gasteiger partial charge in [0.05, 0.1) is 12.6 Å². The first kappa shape index (κ1) is 14.7. The van der Waals surface area contributed by atoms with E-state index >= 15 is 0 Å². The Morgan fingerprint density at radius 2 is 1.67 bits per heavy atom. The molecule has 2 nitrogen and oxygen atoms in total. The maximum absolute atomic E-state index is 12.2. The molecule has 0 fully saturated rings. The van der Waals surface area contributed by atoms with Gasteiger partial charge < -0.3 is 5.11 Å². The number of aliphatic hydroxyl groups excluding tert-OH is 1. The molecule has 0 aromatic rings. The van der Waals surface area contributed by atoms with E-state index in [-0.39, 0.29) is 6.54 Å². The second-order valence-corrected chi connectivity index (χ2v) is 4.58. The van der Waals surface area contributed by atoms with Gasteiger partial charge in [-0.15, -0.1) is 0 Å². The molecule has 0 aromatic heterocycles. The molecule has 0 aromatic carbocycles. The standard InChI is InChI=1S/C10H20F3NO/c1-5-14(7-10(11,12)13)6-9(3,4)8(2)15/h8,15H,5-7H2,1-4H3. The van der Waals surface area contributed by atoms with Crippen LogP contribution >= 0.6 is 0 Å². The van der Waals surface area contributed by atoms with Gasteiger partial charge in [-0.25, -0.2) is 0 Å². The molecule has 5 heteroatoms. The lowest BCUT2D eigenvalue weighted by Crippen LogP contribution is -2.44. The maximum Gasteiger partial charge on any atom is 0.401 e. The van der Waals surface area contributed by atoms with E-state index < -0.39 is 24.2 Å². The van der Waals surface area contributed by atoms with Crippen LogP contribution in [-0.4, -0.2) is 41.9 Å². The predicted octanol–water partition coefficient (Wildman–Crippen LogP) is 2.28. The van der Waals surface area contributed by atoms with Crippen LogP contribution in [0, 0.1) is 5.41 Å². The van der Waals surface area contributed by atoms with Crippen molar-refractivity contribution in [1.82, 2.24) is 4.90 Å². The highest BCUT2D eigenvalue weighted by Crippen LogP contribution is 2.24. The summed E-state index contributed by atoms with van der Waals surface area (Å²) in [7, 11) is 0. The largest absolute Gasteiger partial charge is 0.401 e. The number of rotatable bonds is 5. The van der Waals surface area contributed by atoms with Crippen LogP contribution < -0.4 is 0 Å². The molecule has 0 aliphatic heterocycles. The van der Waals surface area contributed by atoms with Gasteiger partial charge in [-0.1, -0.05) is 20.8 Å². The van der Waals surface area contributed by atoms with Crippen molar-refractivity contribution in [2.45, 2.75) is 40.0 Å². The van der Waals surface area contributed by atoms with E-state index in [9.17, 15) is 18.3 Å². The monoisotopic (exact) mass is 227 g/mol. The highest BCUT2D eigenvalue weighted by atomic mass is 19.4. The highest BCUT2D eigenvalue weighted by Gasteiger charge is 2.34. The van der Waals surface area contributed by atoms with Crippen molar-refractivity contribution >= 4 is 0 Å². The summed E-state index contributed by atoms with van der Waals surface area (Å²) in [5, 5.41) is 9.41. The second kappa shape index (κ2) is 5.16. The summed E-state index contributed by atoms with van der Waals surface area (Å²) >= 11 is 0. The Labute approximate surface area is 89.1 Å². The first-order chi connectivity index (χ1) is 6.58. The molecule has 0 aliphatic carbocycles. The van der Waals surface area contributed by atoms with Gasteiger partial charge in [0.1, 0.15) is 0 Å². The van der Waals surface area contributed by atoms with E-state index in [0.717, 1.165) is 0 Å². The molecule has 0 aliphatic rings. The fourth-order valence-corrected chi connectivity index (χ4v) is 1.24. The predicted molar refractivity (Wildman–Crippen MR) is 53.6 cm³/mol. The zero-order valence-electron chi connectivity index (χ0n) is 9.73. The summed E-state index contributed by atoms with van der Waals surface area (Å²) in [5.41, 5.74) is -0.527. The van der Waals surface area contributed by atoms with Gasteiger partial charge in [0.25, 0.3) is 0 Å². The maximum atomic E-state index is 12.2. The summed E-state index contributed by atoms with van der Waals surface area (Å²) < 4.78 is 36.5. The van der Waals surface area contributed by atoms with Crippen molar-refractivity contribution in [1.29, 1.82) is 0 Å². The number of alkyl halides is 3. The van der Waals surface area contributed by atoms with Crippen molar-refractivity contribution in [2.24, 2.45) is 5.41 Å². The SMILES string of the molecule is CCN(CC(F)(F)F)CC(C)(C)C(C)O. The fourth-order valence-electron chi connectivity index (χ4n) is 1.24. The van der Waals surface area contributed by atoms with Crippen LogP contribution in [0.4, 0.5) is 13.2 Å². The molecule has 1 N–H and O–H groups in total. The highest BCUT2D eigenvalue weighted by molar-refractivity contribution is 4.79. The molecule has 92 valence electrons. The molecule has 15 heavy (non-hydrogen) atoms. The minimum absolute atomic E-state index is 0.237. The summed E-state index contributed by atoms with van der Waals surface area (Å²) in [6, 6.07) is 0. The van der Waals surface area contributed by atoms with Crippen LogP contribution in [0.15, 0.2) is 0 Å². The molecule has 0 heterocycles. The van der Waals surface area contributed by atoms with Gasteiger partial charge >= 0.3 is 6.18 Å². The van der Waals surface area contributed by atoms with Crippen molar-refractivity contribution in [3.8, 4) is 0 Å². The Balaban J connectivity index is 4.34. The van der Waals surface area contributed by atoms with E-state index in [4.69, 9.17) is 0 Å². The van der Waals surface area contributed by atoms with Crippen molar-refractivity contribution < 1.29 is 18.3 Å². The van der Waals surface area contributed by atoms with Gasteiger partial charge in [0.15, 0.2) is 0 Å². The molecule has 0 bridgehead atoms. The molecule has 0 amide bonds. The molecular weight excluding hydrogens is 207 g/mol. The second-order valence-electron chi connectivity index (χ2n) is 4.58. The Kier molecular flexibility index (Phi) is 5.06.